The molecule has 0 amide bonds. The van der Waals surface area contributed by atoms with Crippen molar-refractivity contribution in [1.82, 2.24) is 5.32 Å². The van der Waals surface area contributed by atoms with E-state index in [1.54, 1.807) is 6.08 Å². The first-order chi connectivity index (χ1) is 7.07. The molecule has 1 heterocycles. The van der Waals surface area contributed by atoms with E-state index in [9.17, 15) is 13.5 Å². The second-order valence-corrected chi connectivity index (χ2v) is 6.32. The van der Waals surface area contributed by atoms with Crippen LogP contribution in [0.4, 0.5) is 0 Å². The predicted molar refractivity (Wildman–Crippen MR) is 58.1 cm³/mol. The van der Waals surface area contributed by atoms with Crippen LogP contribution in [0.5, 0.6) is 0 Å². The third kappa shape index (κ3) is 2.80. The van der Waals surface area contributed by atoms with Crippen LogP contribution in [0.1, 0.15) is 25.7 Å². The van der Waals surface area contributed by atoms with Gasteiger partial charge in [-0.25, -0.2) is 8.42 Å². The average molecular weight is 231 g/mol. The molecule has 2 aliphatic rings. The van der Waals surface area contributed by atoms with Crippen LogP contribution >= 0.6 is 0 Å². The first-order valence-electron chi connectivity index (χ1n) is 5.42. The first-order valence-corrected chi connectivity index (χ1v) is 7.13. The van der Waals surface area contributed by atoms with E-state index in [0.29, 0.717) is 0 Å². The summed E-state index contributed by atoms with van der Waals surface area (Å²) in [5, 5.41) is 14.2. The number of sulfone groups is 1. The molecule has 1 aliphatic heterocycles. The third-order valence-electron chi connectivity index (χ3n) is 3.09. The molecule has 86 valence electrons. The number of aliphatic hydroxyl groups is 1. The molecule has 5 heteroatoms. The Morgan fingerprint density at radius 3 is 2.60 bits per heavy atom. The lowest BCUT2D eigenvalue weighted by molar-refractivity contribution is 0.0888. The molecular weight excluding hydrogens is 214 g/mol. The molecule has 0 aromatic heterocycles. The molecular formula is C10H17NO3S. The predicted octanol–water partition coefficient (Wildman–Crippen LogP) is 0.190. The second kappa shape index (κ2) is 4.23. The molecule has 0 spiro atoms. The van der Waals surface area contributed by atoms with Gasteiger partial charge in [-0.1, -0.05) is 18.9 Å². The summed E-state index contributed by atoms with van der Waals surface area (Å²) in [5.74, 6) is 0.135. The van der Waals surface area contributed by atoms with Crippen LogP contribution in [0.2, 0.25) is 0 Å². The van der Waals surface area contributed by atoms with Crippen LogP contribution in [0.3, 0.4) is 0 Å². The fourth-order valence-corrected chi connectivity index (χ4v) is 3.51. The van der Waals surface area contributed by atoms with Crippen molar-refractivity contribution in [3.8, 4) is 0 Å². The van der Waals surface area contributed by atoms with Crippen LogP contribution in [0.25, 0.3) is 0 Å². The van der Waals surface area contributed by atoms with Gasteiger partial charge in [0.25, 0.3) is 0 Å². The summed E-state index contributed by atoms with van der Waals surface area (Å²) in [6.07, 6.45) is 5.29. The molecule has 2 rings (SSSR count). The zero-order valence-corrected chi connectivity index (χ0v) is 9.41. The van der Waals surface area contributed by atoms with Gasteiger partial charge in [0, 0.05) is 17.5 Å². The smallest absolute Gasteiger partial charge is 0.173 e. The Bertz CT molecular complexity index is 350. The summed E-state index contributed by atoms with van der Waals surface area (Å²) in [6.45, 7) is 0. The molecule has 0 aromatic rings. The molecule has 2 N–H and O–H groups in total. The van der Waals surface area contributed by atoms with Crippen molar-refractivity contribution in [3.05, 3.63) is 11.5 Å². The molecule has 0 bridgehead atoms. The minimum Gasteiger partial charge on any atom is -0.392 e. The van der Waals surface area contributed by atoms with Crippen molar-refractivity contribution in [2.24, 2.45) is 0 Å². The quantitative estimate of drug-likeness (QED) is 0.712. The van der Waals surface area contributed by atoms with Gasteiger partial charge in [0.1, 0.15) is 0 Å². The van der Waals surface area contributed by atoms with Gasteiger partial charge in [0.05, 0.1) is 11.9 Å². The summed E-state index contributed by atoms with van der Waals surface area (Å²) in [6, 6.07) is -0.0607. The van der Waals surface area contributed by atoms with Crippen molar-refractivity contribution < 1.29 is 13.5 Å². The maximum atomic E-state index is 11.2. The average Bonchev–Trinajstić information content (AvgIpc) is 2.50. The Balaban J connectivity index is 1.90. The van der Waals surface area contributed by atoms with Crippen molar-refractivity contribution in [2.75, 3.05) is 5.75 Å². The molecule has 4 nitrogen and oxygen atoms in total. The van der Waals surface area contributed by atoms with E-state index in [1.807, 2.05) is 0 Å². The zero-order chi connectivity index (χ0) is 10.9. The standard InChI is InChI=1S/C10H17NO3S/c12-10-4-2-1-3-9(10)11-8-5-6-15(13,14)7-8/h5-6,8-12H,1-4,7H2/t8?,9-,10-/m0/s1. The molecule has 3 atom stereocenters. The Labute approximate surface area is 90.3 Å². The van der Waals surface area contributed by atoms with Crippen LogP contribution in [-0.2, 0) is 9.84 Å². The second-order valence-electron chi connectivity index (χ2n) is 4.39. The van der Waals surface area contributed by atoms with Gasteiger partial charge in [0.2, 0.25) is 0 Å². The summed E-state index contributed by atoms with van der Waals surface area (Å²) in [5.41, 5.74) is 0. The topological polar surface area (TPSA) is 66.4 Å². The molecule has 0 saturated heterocycles. The van der Waals surface area contributed by atoms with Gasteiger partial charge in [-0.15, -0.1) is 0 Å². The Kier molecular flexibility index (Phi) is 3.13. The Morgan fingerprint density at radius 2 is 2.00 bits per heavy atom. The number of hydrogen-bond acceptors (Lipinski definition) is 4. The van der Waals surface area contributed by atoms with Gasteiger partial charge in [-0.3, -0.25) is 0 Å². The number of nitrogens with one attached hydrogen (secondary N) is 1. The molecule has 1 fully saturated rings. The largest absolute Gasteiger partial charge is 0.392 e. The van der Waals surface area contributed by atoms with Crippen LogP contribution < -0.4 is 5.32 Å². The van der Waals surface area contributed by atoms with Crippen LogP contribution in [-0.4, -0.2) is 37.5 Å². The monoisotopic (exact) mass is 231 g/mol. The van der Waals surface area contributed by atoms with Crippen molar-refractivity contribution in [1.29, 1.82) is 0 Å². The Hall–Kier alpha value is -0.390. The van der Waals surface area contributed by atoms with Gasteiger partial charge >= 0.3 is 0 Å². The molecule has 0 aromatic carbocycles. The first kappa shape index (κ1) is 11.1. The molecule has 15 heavy (non-hydrogen) atoms. The highest BCUT2D eigenvalue weighted by Gasteiger charge is 2.28. The highest BCUT2D eigenvalue weighted by atomic mass is 32.2. The lowest BCUT2D eigenvalue weighted by Gasteiger charge is -2.30. The third-order valence-corrected chi connectivity index (χ3v) is 4.48. The van der Waals surface area contributed by atoms with Crippen molar-refractivity contribution in [3.63, 3.8) is 0 Å². The van der Waals surface area contributed by atoms with E-state index in [4.69, 9.17) is 0 Å². The lowest BCUT2D eigenvalue weighted by Crippen LogP contribution is -2.47. The van der Waals surface area contributed by atoms with E-state index in [0.717, 1.165) is 25.7 Å². The summed E-state index contributed by atoms with van der Waals surface area (Å²) < 4.78 is 22.3. The maximum Gasteiger partial charge on any atom is 0.173 e. The van der Waals surface area contributed by atoms with E-state index < -0.39 is 9.84 Å². The van der Waals surface area contributed by atoms with Crippen LogP contribution in [0.15, 0.2) is 11.5 Å². The van der Waals surface area contributed by atoms with Gasteiger partial charge in [-0.2, -0.15) is 0 Å². The number of rotatable bonds is 2. The van der Waals surface area contributed by atoms with E-state index in [1.165, 1.54) is 5.41 Å². The molecule has 0 radical (unpaired) electrons. The van der Waals surface area contributed by atoms with Crippen molar-refractivity contribution in [2.45, 2.75) is 43.9 Å². The highest BCUT2D eigenvalue weighted by Crippen LogP contribution is 2.20. The van der Waals surface area contributed by atoms with Gasteiger partial charge in [0.15, 0.2) is 9.84 Å². The zero-order valence-electron chi connectivity index (χ0n) is 8.59. The summed E-state index contributed by atoms with van der Waals surface area (Å²) in [7, 11) is -2.99. The number of aliphatic hydroxyl groups excluding tert-OH is 1. The molecule has 1 saturated carbocycles. The maximum absolute atomic E-state index is 11.2. The minimum atomic E-state index is -2.99. The summed E-state index contributed by atoms with van der Waals surface area (Å²) in [4.78, 5) is 0. The van der Waals surface area contributed by atoms with E-state index in [-0.39, 0.29) is 23.9 Å². The molecule has 1 aliphatic carbocycles. The lowest BCUT2D eigenvalue weighted by atomic mass is 9.92. The van der Waals surface area contributed by atoms with Crippen molar-refractivity contribution >= 4 is 9.84 Å². The minimum absolute atomic E-state index is 0.0571. The summed E-state index contributed by atoms with van der Waals surface area (Å²) >= 11 is 0. The normalized spacial score (nSPS) is 39.4. The fraction of sp³-hybridized carbons (Fsp3) is 0.800. The van der Waals surface area contributed by atoms with Crippen LogP contribution in [0, 0.1) is 0 Å². The fourth-order valence-electron chi connectivity index (χ4n) is 2.26. The van der Waals surface area contributed by atoms with Gasteiger partial charge in [-0.05, 0) is 12.8 Å². The van der Waals surface area contributed by atoms with E-state index in [2.05, 4.69) is 5.32 Å². The highest BCUT2D eigenvalue weighted by molar-refractivity contribution is 7.94. The number of hydrogen-bond donors (Lipinski definition) is 2. The Morgan fingerprint density at radius 1 is 1.27 bits per heavy atom. The van der Waals surface area contributed by atoms with E-state index >= 15 is 0 Å². The molecule has 1 unspecified atom stereocenters. The van der Waals surface area contributed by atoms with Gasteiger partial charge < -0.3 is 10.4 Å². The SMILES string of the molecule is O=S1(=O)C=CC(N[C@H]2CCCC[C@@H]2O)C1.